The van der Waals surface area contributed by atoms with Crippen LogP contribution >= 0.6 is 0 Å². The van der Waals surface area contributed by atoms with Crippen molar-refractivity contribution < 1.29 is 4.79 Å². The summed E-state index contributed by atoms with van der Waals surface area (Å²) >= 11 is 0. The van der Waals surface area contributed by atoms with E-state index in [0.29, 0.717) is 6.42 Å². The summed E-state index contributed by atoms with van der Waals surface area (Å²) in [7, 11) is 1.88. The largest absolute Gasteiger partial charge is 0.325 e. The van der Waals surface area contributed by atoms with E-state index in [1.807, 2.05) is 42.8 Å². The topological polar surface area (TPSA) is 71.8 Å². The Kier molecular flexibility index (Phi) is 5.45. The van der Waals surface area contributed by atoms with Crippen molar-refractivity contribution in [2.75, 3.05) is 18.9 Å². The maximum Gasteiger partial charge on any atom is 0.224 e. The van der Waals surface area contributed by atoms with Gasteiger partial charge in [-0.1, -0.05) is 12.1 Å². The van der Waals surface area contributed by atoms with Gasteiger partial charge in [0, 0.05) is 18.5 Å². The highest BCUT2D eigenvalue weighted by Crippen LogP contribution is 2.26. The lowest BCUT2D eigenvalue weighted by Crippen LogP contribution is -2.15. The van der Waals surface area contributed by atoms with E-state index in [1.54, 1.807) is 6.33 Å². The van der Waals surface area contributed by atoms with Crippen LogP contribution < -0.4 is 10.6 Å². The minimum atomic E-state index is 0.0141. The number of para-hydroxylation sites is 1. The van der Waals surface area contributed by atoms with Gasteiger partial charge in [0.05, 0.1) is 5.69 Å². The van der Waals surface area contributed by atoms with E-state index in [9.17, 15) is 4.79 Å². The molecule has 0 unspecified atom stereocenters. The molecule has 1 aromatic heterocycles. The molecule has 2 N–H and O–H groups in total. The van der Waals surface area contributed by atoms with E-state index in [0.717, 1.165) is 36.6 Å². The zero-order valence-corrected chi connectivity index (χ0v) is 12.5. The Morgan fingerprint density at radius 1 is 1.33 bits per heavy atom. The molecule has 1 aromatic carbocycles. The van der Waals surface area contributed by atoms with Gasteiger partial charge in [-0.15, -0.1) is 10.2 Å². The Morgan fingerprint density at radius 3 is 2.90 bits per heavy atom. The average Bonchev–Trinajstić information content (AvgIpc) is 2.96. The fourth-order valence-electron chi connectivity index (χ4n) is 2.12. The summed E-state index contributed by atoms with van der Waals surface area (Å²) in [5, 5.41) is 14.1. The number of carbonyl (C=O) groups is 1. The zero-order chi connectivity index (χ0) is 15.1. The number of rotatable bonds is 7. The molecular formula is C15H21N5O. The van der Waals surface area contributed by atoms with E-state index in [1.165, 1.54) is 0 Å². The predicted octanol–water partition coefficient (Wildman–Crippen LogP) is 1.90. The van der Waals surface area contributed by atoms with E-state index < -0.39 is 0 Å². The van der Waals surface area contributed by atoms with Gasteiger partial charge in [0.1, 0.15) is 6.33 Å². The van der Waals surface area contributed by atoms with Crippen LogP contribution in [0.4, 0.5) is 5.69 Å². The highest BCUT2D eigenvalue weighted by Gasteiger charge is 2.12. The molecule has 0 saturated heterocycles. The number of aryl methyl sites for hydroxylation is 1. The first kappa shape index (κ1) is 15.2. The van der Waals surface area contributed by atoms with Crippen LogP contribution in [0.25, 0.3) is 11.4 Å². The first-order valence-electron chi connectivity index (χ1n) is 7.18. The average molecular weight is 287 g/mol. The number of benzene rings is 1. The summed E-state index contributed by atoms with van der Waals surface area (Å²) in [5.41, 5.74) is 1.66. The molecular weight excluding hydrogens is 266 g/mol. The summed E-state index contributed by atoms with van der Waals surface area (Å²) in [4.78, 5) is 12.0. The van der Waals surface area contributed by atoms with Crippen LogP contribution in [-0.4, -0.2) is 34.3 Å². The van der Waals surface area contributed by atoms with Crippen LogP contribution in [0.15, 0.2) is 30.6 Å². The monoisotopic (exact) mass is 287 g/mol. The fraction of sp³-hybridized carbons (Fsp3) is 0.400. The molecule has 1 heterocycles. The molecule has 2 rings (SSSR count). The molecule has 0 radical (unpaired) electrons. The van der Waals surface area contributed by atoms with Gasteiger partial charge in [-0.25, -0.2) is 0 Å². The minimum Gasteiger partial charge on any atom is -0.325 e. The molecule has 1 amide bonds. The second kappa shape index (κ2) is 7.54. The molecule has 112 valence electrons. The van der Waals surface area contributed by atoms with Crippen LogP contribution in [-0.2, 0) is 11.3 Å². The van der Waals surface area contributed by atoms with E-state index in [-0.39, 0.29) is 5.91 Å². The lowest BCUT2D eigenvalue weighted by molar-refractivity contribution is -0.116. The summed E-state index contributed by atoms with van der Waals surface area (Å²) in [6, 6.07) is 7.67. The molecule has 2 aromatic rings. The highest BCUT2D eigenvalue weighted by atomic mass is 16.1. The van der Waals surface area contributed by atoms with Crippen LogP contribution in [0.3, 0.4) is 0 Å². The molecule has 0 saturated carbocycles. The second-order valence-corrected chi connectivity index (χ2v) is 4.74. The van der Waals surface area contributed by atoms with Gasteiger partial charge in [0.25, 0.3) is 0 Å². The molecule has 0 spiro atoms. The molecule has 0 aliphatic heterocycles. The fourth-order valence-corrected chi connectivity index (χ4v) is 2.12. The van der Waals surface area contributed by atoms with E-state index in [2.05, 4.69) is 20.8 Å². The van der Waals surface area contributed by atoms with Crippen molar-refractivity contribution in [1.82, 2.24) is 20.1 Å². The van der Waals surface area contributed by atoms with Gasteiger partial charge in [0.2, 0.25) is 5.91 Å². The molecule has 0 bridgehead atoms. The van der Waals surface area contributed by atoms with Gasteiger partial charge in [-0.2, -0.15) is 0 Å². The minimum absolute atomic E-state index is 0.0141. The normalized spacial score (nSPS) is 10.6. The first-order chi connectivity index (χ1) is 10.3. The molecule has 0 aliphatic carbocycles. The van der Waals surface area contributed by atoms with Gasteiger partial charge in [-0.3, -0.25) is 4.79 Å². The molecule has 21 heavy (non-hydrogen) atoms. The van der Waals surface area contributed by atoms with Gasteiger partial charge in [-0.05, 0) is 39.1 Å². The van der Waals surface area contributed by atoms with Crippen LogP contribution in [0.1, 0.15) is 19.8 Å². The summed E-state index contributed by atoms with van der Waals surface area (Å²) < 4.78 is 1.95. The highest BCUT2D eigenvalue weighted by molar-refractivity contribution is 5.94. The summed E-state index contributed by atoms with van der Waals surface area (Å²) in [5.74, 6) is 0.781. The third-order valence-corrected chi connectivity index (χ3v) is 3.23. The Balaban J connectivity index is 2.16. The third-order valence-electron chi connectivity index (χ3n) is 3.23. The predicted molar refractivity (Wildman–Crippen MR) is 82.9 cm³/mol. The van der Waals surface area contributed by atoms with E-state index >= 15 is 0 Å². The van der Waals surface area contributed by atoms with Gasteiger partial charge < -0.3 is 15.2 Å². The number of hydrogen-bond donors (Lipinski definition) is 2. The maximum atomic E-state index is 12.0. The SMILES string of the molecule is CCn1cnnc1-c1ccccc1NC(=O)CCCNC. The molecule has 6 heteroatoms. The second-order valence-electron chi connectivity index (χ2n) is 4.74. The van der Waals surface area contributed by atoms with Crippen molar-refractivity contribution in [3.05, 3.63) is 30.6 Å². The number of anilines is 1. The zero-order valence-electron chi connectivity index (χ0n) is 12.5. The Labute approximate surface area is 124 Å². The Bertz CT molecular complexity index is 593. The summed E-state index contributed by atoms with van der Waals surface area (Å²) in [6.07, 6.45) is 3.01. The van der Waals surface area contributed by atoms with Gasteiger partial charge in [0.15, 0.2) is 5.82 Å². The number of aromatic nitrogens is 3. The number of carbonyl (C=O) groups excluding carboxylic acids is 1. The van der Waals surface area contributed by atoms with Gasteiger partial charge >= 0.3 is 0 Å². The van der Waals surface area contributed by atoms with Crippen LogP contribution in [0, 0.1) is 0 Å². The third kappa shape index (κ3) is 3.88. The van der Waals surface area contributed by atoms with Crippen molar-refractivity contribution in [1.29, 1.82) is 0 Å². The molecule has 0 atom stereocenters. The van der Waals surface area contributed by atoms with Crippen LogP contribution in [0.5, 0.6) is 0 Å². The van der Waals surface area contributed by atoms with Crippen molar-refractivity contribution in [2.45, 2.75) is 26.3 Å². The standard InChI is InChI=1S/C15H21N5O/c1-3-20-11-17-19-15(20)12-7-4-5-8-13(12)18-14(21)9-6-10-16-2/h4-5,7-8,11,16H,3,6,9-10H2,1-2H3,(H,18,21). The maximum absolute atomic E-state index is 12.0. The lowest BCUT2D eigenvalue weighted by atomic mass is 10.1. The molecule has 0 aliphatic rings. The lowest BCUT2D eigenvalue weighted by Gasteiger charge is -2.11. The Morgan fingerprint density at radius 2 is 2.14 bits per heavy atom. The van der Waals surface area contributed by atoms with Crippen molar-refractivity contribution in [2.24, 2.45) is 0 Å². The molecule has 0 fully saturated rings. The quantitative estimate of drug-likeness (QED) is 0.763. The first-order valence-corrected chi connectivity index (χ1v) is 7.18. The Hall–Kier alpha value is -2.21. The van der Waals surface area contributed by atoms with Crippen molar-refractivity contribution in [3.63, 3.8) is 0 Å². The summed E-state index contributed by atoms with van der Waals surface area (Å²) in [6.45, 7) is 3.65. The molecule has 6 nitrogen and oxygen atoms in total. The van der Waals surface area contributed by atoms with Crippen LogP contribution in [0.2, 0.25) is 0 Å². The number of hydrogen-bond acceptors (Lipinski definition) is 4. The van der Waals surface area contributed by atoms with E-state index in [4.69, 9.17) is 0 Å². The van der Waals surface area contributed by atoms with Crippen molar-refractivity contribution in [3.8, 4) is 11.4 Å². The number of nitrogens with zero attached hydrogens (tertiary/aromatic N) is 3. The number of nitrogens with one attached hydrogen (secondary N) is 2. The number of amides is 1. The van der Waals surface area contributed by atoms with Crippen molar-refractivity contribution >= 4 is 11.6 Å². The smallest absolute Gasteiger partial charge is 0.224 e.